The van der Waals surface area contributed by atoms with Gasteiger partial charge in [0.05, 0.1) is 28.0 Å². The Morgan fingerprint density at radius 1 is 1.08 bits per heavy atom. The van der Waals surface area contributed by atoms with Crippen LogP contribution in [0.2, 0.25) is 5.02 Å². The Balaban J connectivity index is 1.30. The zero-order valence-corrected chi connectivity index (χ0v) is 22.5. The number of rotatable bonds is 6. The molecule has 200 valence electrons. The summed E-state index contributed by atoms with van der Waals surface area (Å²) in [6.07, 6.45) is 6.14. The van der Waals surface area contributed by atoms with Crippen LogP contribution in [0.5, 0.6) is 0 Å². The van der Waals surface area contributed by atoms with Crippen LogP contribution in [0.15, 0.2) is 47.6 Å². The summed E-state index contributed by atoms with van der Waals surface area (Å²) in [5, 5.41) is 2.81. The molecule has 0 bridgehead atoms. The number of aromatic nitrogens is 2. The number of carbonyl (C=O) groups excluding carboxylic acids is 2. The lowest BCUT2D eigenvalue weighted by molar-refractivity contribution is -0.132. The number of nitrogens with zero attached hydrogens (tertiary/aromatic N) is 4. The monoisotopic (exact) mass is 559 g/mol. The Hall–Kier alpha value is -3.44. The van der Waals surface area contributed by atoms with Gasteiger partial charge in [0.25, 0.3) is 5.91 Å². The third-order valence-electron chi connectivity index (χ3n) is 6.78. The van der Waals surface area contributed by atoms with Crippen molar-refractivity contribution in [1.29, 1.82) is 0 Å². The molecule has 0 spiro atoms. The van der Waals surface area contributed by atoms with Crippen LogP contribution in [0.3, 0.4) is 0 Å². The molecule has 1 saturated heterocycles. The fraction of sp³-hybridized carbons (Fsp3) is 0.346. The molecule has 1 aliphatic heterocycles. The van der Waals surface area contributed by atoms with Gasteiger partial charge in [-0.2, -0.15) is 0 Å². The smallest absolute Gasteiger partial charge is 0.257 e. The molecule has 2 aliphatic rings. The van der Waals surface area contributed by atoms with Crippen LogP contribution in [-0.4, -0.2) is 67.1 Å². The molecule has 3 aromatic rings. The van der Waals surface area contributed by atoms with Crippen molar-refractivity contribution in [3.63, 3.8) is 0 Å². The molecular weight excluding hydrogens is 533 g/mol. The molecule has 0 unspecified atom stereocenters. The highest BCUT2D eigenvalue weighted by molar-refractivity contribution is 7.90. The number of aryl methyl sites for hydroxylation is 1. The zero-order valence-electron chi connectivity index (χ0n) is 20.9. The molecule has 2 fully saturated rings. The Bertz CT molecular complexity index is 1530. The molecule has 38 heavy (non-hydrogen) atoms. The fourth-order valence-corrected chi connectivity index (χ4v) is 5.52. The molecule has 2 aromatic heterocycles. The lowest BCUT2D eigenvalue weighted by Crippen LogP contribution is -2.49. The van der Waals surface area contributed by atoms with E-state index in [1.807, 2.05) is 9.80 Å². The maximum Gasteiger partial charge on any atom is 0.257 e. The number of piperazine rings is 1. The van der Waals surface area contributed by atoms with Crippen LogP contribution in [0, 0.1) is 11.7 Å². The van der Waals surface area contributed by atoms with Crippen molar-refractivity contribution in [2.45, 2.75) is 17.7 Å². The SMILES string of the molecule is Cn1cc(C(=O)Nc2cc(Cl)cc(S(C)(=O)=O)c2)cc1-c1ncc(N2CCN(C(=O)C3CC3)CC2)cc1F. The van der Waals surface area contributed by atoms with Crippen LogP contribution < -0.4 is 10.2 Å². The normalized spacial score (nSPS) is 16.0. The maximum atomic E-state index is 15.2. The summed E-state index contributed by atoms with van der Waals surface area (Å²) in [6, 6.07) is 7.01. The number of benzene rings is 1. The lowest BCUT2D eigenvalue weighted by atomic mass is 10.2. The molecule has 1 aromatic carbocycles. The molecule has 0 atom stereocenters. The molecule has 1 saturated carbocycles. The summed E-state index contributed by atoms with van der Waals surface area (Å²) >= 11 is 6.03. The van der Waals surface area contributed by atoms with E-state index in [1.165, 1.54) is 36.5 Å². The molecule has 1 N–H and O–H groups in total. The standard InChI is InChI=1S/C26H27ClFN5O4S/c1-31-15-17(25(34)30-19-10-18(27)11-21(12-19)38(2,36)37)9-23(31)24-22(28)13-20(14-29-24)32-5-7-33(8-6-32)26(35)16-3-4-16/h9-16H,3-8H2,1-2H3,(H,30,34). The van der Waals surface area contributed by atoms with E-state index < -0.39 is 21.6 Å². The molecule has 3 heterocycles. The predicted molar refractivity (Wildman–Crippen MR) is 143 cm³/mol. The van der Waals surface area contributed by atoms with Gasteiger partial charge in [0.1, 0.15) is 5.69 Å². The van der Waals surface area contributed by atoms with Crippen molar-refractivity contribution < 1.29 is 22.4 Å². The molecule has 0 radical (unpaired) electrons. The van der Waals surface area contributed by atoms with E-state index in [1.54, 1.807) is 17.8 Å². The van der Waals surface area contributed by atoms with Gasteiger partial charge in [0.2, 0.25) is 5.91 Å². The van der Waals surface area contributed by atoms with Gasteiger partial charge in [-0.25, -0.2) is 17.8 Å². The summed E-state index contributed by atoms with van der Waals surface area (Å²) in [5.41, 5.74) is 1.60. The molecule has 5 rings (SSSR count). The summed E-state index contributed by atoms with van der Waals surface area (Å²) < 4.78 is 40.6. The number of sulfone groups is 1. The first-order chi connectivity index (χ1) is 18.0. The van der Waals surface area contributed by atoms with E-state index in [2.05, 4.69) is 10.3 Å². The van der Waals surface area contributed by atoms with E-state index in [4.69, 9.17) is 11.6 Å². The van der Waals surface area contributed by atoms with Gasteiger partial charge >= 0.3 is 0 Å². The second-order valence-corrected chi connectivity index (χ2v) is 12.2. The van der Waals surface area contributed by atoms with Gasteiger partial charge in [0.15, 0.2) is 15.7 Å². The van der Waals surface area contributed by atoms with Crippen LogP contribution in [0.1, 0.15) is 23.2 Å². The van der Waals surface area contributed by atoms with Crippen molar-refractivity contribution in [3.8, 4) is 11.4 Å². The molecule has 12 heteroatoms. The number of carbonyl (C=O) groups is 2. The molecule has 2 amide bonds. The number of amides is 2. The summed E-state index contributed by atoms with van der Waals surface area (Å²) in [6.45, 7) is 2.43. The Morgan fingerprint density at radius 2 is 1.79 bits per heavy atom. The molecule has 1 aliphatic carbocycles. The number of anilines is 2. The third-order valence-corrected chi connectivity index (χ3v) is 8.09. The van der Waals surface area contributed by atoms with Crippen molar-refractivity contribution in [1.82, 2.24) is 14.5 Å². The highest BCUT2D eigenvalue weighted by Gasteiger charge is 2.34. The van der Waals surface area contributed by atoms with Crippen LogP contribution in [0.25, 0.3) is 11.4 Å². The van der Waals surface area contributed by atoms with Crippen molar-refractivity contribution in [2.24, 2.45) is 13.0 Å². The van der Waals surface area contributed by atoms with Gasteiger partial charge in [-0.05, 0) is 37.1 Å². The first-order valence-corrected chi connectivity index (χ1v) is 14.4. The lowest BCUT2D eigenvalue weighted by Gasteiger charge is -2.36. The highest BCUT2D eigenvalue weighted by atomic mass is 35.5. The van der Waals surface area contributed by atoms with Crippen molar-refractivity contribution in [3.05, 3.63) is 59.1 Å². The van der Waals surface area contributed by atoms with Gasteiger partial charge in [0, 0.05) is 68.4 Å². The number of pyridine rings is 1. The minimum absolute atomic E-state index is 0.0173. The van der Waals surface area contributed by atoms with E-state index in [0.717, 1.165) is 19.1 Å². The topological polar surface area (TPSA) is 105 Å². The van der Waals surface area contributed by atoms with Crippen LogP contribution in [-0.2, 0) is 21.7 Å². The second kappa shape index (κ2) is 10.0. The summed E-state index contributed by atoms with van der Waals surface area (Å²) in [7, 11) is -1.84. The average molecular weight is 560 g/mol. The number of nitrogens with one attached hydrogen (secondary N) is 1. The Kier molecular flexibility index (Phi) is 6.91. The highest BCUT2D eigenvalue weighted by Crippen LogP contribution is 2.32. The van der Waals surface area contributed by atoms with Crippen LogP contribution >= 0.6 is 11.6 Å². The van der Waals surface area contributed by atoms with Crippen molar-refractivity contribution in [2.75, 3.05) is 42.7 Å². The van der Waals surface area contributed by atoms with E-state index in [-0.39, 0.29) is 38.7 Å². The van der Waals surface area contributed by atoms with Crippen LogP contribution in [0.4, 0.5) is 15.8 Å². The van der Waals surface area contributed by atoms with E-state index in [9.17, 15) is 18.0 Å². The minimum Gasteiger partial charge on any atom is -0.367 e. The maximum absolute atomic E-state index is 15.2. The Morgan fingerprint density at radius 3 is 2.42 bits per heavy atom. The quantitative estimate of drug-likeness (QED) is 0.495. The number of hydrogen-bond acceptors (Lipinski definition) is 6. The largest absolute Gasteiger partial charge is 0.367 e. The molecular formula is C26H27ClFN5O4S. The number of halogens is 2. The predicted octanol–water partition coefficient (Wildman–Crippen LogP) is 3.59. The van der Waals surface area contributed by atoms with E-state index in [0.29, 0.717) is 37.6 Å². The Labute approximate surface area is 225 Å². The second-order valence-electron chi connectivity index (χ2n) is 9.74. The van der Waals surface area contributed by atoms with Crippen molar-refractivity contribution >= 4 is 44.6 Å². The first kappa shape index (κ1) is 26.2. The average Bonchev–Trinajstić information content (AvgIpc) is 3.64. The zero-order chi connectivity index (χ0) is 27.2. The first-order valence-electron chi connectivity index (χ1n) is 12.2. The minimum atomic E-state index is -3.52. The van der Waals surface area contributed by atoms with Gasteiger partial charge < -0.3 is 19.7 Å². The number of hydrogen-bond donors (Lipinski definition) is 1. The third kappa shape index (κ3) is 5.53. The van der Waals surface area contributed by atoms with Gasteiger partial charge in [-0.15, -0.1) is 0 Å². The summed E-state index contributed by atoms with van der Waals surface area (Å²) in [5.74, 6) is -0.629. The van der Waals surface area contributed by atoms with E-state index >= 15 is 4.39 Å². The van der Waals surface area contributed by atoms with Gasteiger partial charge in [-0.1, -0.05) is 11.6 Å². The van der Waals surface area contributed by atoms with Gasteiger partial charge in [-0.3, -0.25) is 9.59 Å². The fourth-order valence-electron chi connectivity index (χ4n) is 4.54. The summed E-state index contributed by atoms with van der Waals surface area (Å²) in [4.78, 5) is 33.4. The molecule has 9 nitrogen and oxygen atoms in total.